The molecule has 0 aliphatic carbocycles. The van der Waals surface area contributed by atoms with Gasteiger partial charge in [-0.25, -0.2) is 4.79 Å². The molecule has 0 radical (unpaired) electrons. The van der Waals surface area contributed by atoms with Gasteiger partial charge >= 0.3 is 6.03 Å². The van der Waals surface area contributed by atoms with Gasteiger partial charge in [0.2, 0.25) is 6.79 Å². The van der Waals surface area contributed by atoms with Crippen LogP contribution in [0.3, 0.4) is 0 Å². The first-order valence-corrected chi connectivity index (χ1v) is 8.51. The quantitative estimate of drug-likeness (QED) is 0.873. The van der Waals surface area contributed by atoms with E-state index in [4.69, 9.17) is 13.9 Å². The van der Waals surface area contributed by atoms with Crippen molar-refractivity contribution in [2.24, 2.45) is 0 Å². The Morgan fingerprint density at radius 1 is 1.16 bits per heavy atom. The van der Waals surface area contributed by atoms with Crippen molar-refractivity contribution in [3.63, 3.8) is 0 Å². The molecular weight excluding hydrogens is 322 g/mol. The summed E-state index contributed by atoms with van der Waals surface area (Å²) in [6, 6.07) is 8.97. The van der Waals surface area contributed by atoms with E-state index in [1.54, 1.807) is 24.5 Å². The molecule has 7 heteroatoms. The van der Waals surface area contributed by atoms with Gasteiger partial charge in [-0.05, 0) is 50.2 Å². The molecule has 0 spiro atoms. The third-order valence-corrected chi connectivity index (χ3v) is 4.54. The summed E-state index contributed by atoms with van der Waals surface area (Å²) in [5.74, 6) is 2.21. The van der Waals surface area contributed by atoms with E-state index in [9.17, 15) is 4.79 Å². The minimum absolute atomic E-state index is 0.0556. The number of carbonyl (C=O) groups is 1. The summed E-state index contributed by atoms with van der Waals surface area (Å²) in [5.41, 5.74) is 0.664. The van der Waals surface area contributed by atoms with E-state index in [0.717, 1.165) is 18.8 Å². The van der Waals surface area contributed by atoms with Gasteiger partial charge in [0.15, 0.2) is 11.5 Å². The molecule has 1 saturated heterocycles. The van der Waals surface area contributed by atoms with Crippen LogP contribution in [0.4, 0.5) is 10.5 Å². The molecule has 1 aromatic heterocycles. The Kier molecular flexibility index (Phi) is 4.47. The van der Waals surface area contributed by atoms with Crippen LogP contribution < -0.4 is 20.1 Å². The van der Waals surface area contributed by atoms with Crippen LogP contribution in [0.2, 0.25) is 0 Å². The highest BCUT2D eigenvalue weighted by Gasteiger charge is 2.26. The van der Waals surface area contributed by atoms with Crippen molar-refractivity contribution in [1.29, 1.82) is 0 Å². The number of furan rings is 1. The van der Waals surface area contributed by atoms with Crippen LogP contribution in [-0.4, -0.2) is 37.4 Å². The lowest BCUT2D eigenvalue weighted by Crippen LogP contribution is -2.38. The molecular formula is C18H21N3O4. The predicted molar refractivity (Wildman–Crippen MR) is 91.8 cm³/mol. The number of hydrogen-bond donors (Lipinski definition) is 2. The van der Waals surface area contributed by atoms with E-state index in [1.165, 1.54) is 12.8 Å². The summed E-state index contributed by atoms with van der Waals surface area (Å²) in [7, 11) is 0. The number of likely N-dealkylation sites (tertiary alicyclic amines) is 1. The molecule has 1 unspecified atom stereocenters. The summed E-state index contributed by atoms with van der Waals surface area (Å²) >= 11 is 0. The molecule has 2 aliphatic rings. The average Bonchev–Trinajstić information content (AvgIpc) is 3.37. The molecule has 2 N–H and O–H groups in total. The predicted octanol–water partition coefficient (Wildman–Crippen LogP) is 2.97. The van der Waals surface area contributed by atoms with Crippen molar-refractivity contribution in [3.05, 3.63) is 42.4 Å². The number of nitrogens with one attached hydrogen (secondary N) is 2. The zero-order valence-electron chi connectivity index (χ0n) is 13.9. The normalized spacial score (nSPS) is 17.4. The Labute approximate surface area is 145 Å². The summed E-state index contributed by atoms with van der Waals surface area (Å²) in [5, 5.41) is 5.77. The minimum atomic E-state index is -0.255. The third-order valence-electron chi connectivity index (χ3n) is 4.54. The lowest BCUT2D eigenvalue weighted by atomic mass is 10.2. The van der Waals surface area contributed by atoms with Gasteiger partial charge in [-0.15, -0.1) is 0 Å². The zero-order valence-corrected chi connectivity index (χ0v) is 13.9. The van der Waals surface area contributed by atoms with Crippen molar-refractivity contribution in [1.82, 2.24) is 10.2 Å². The second-order valence-corrected chi connectivity index (χ2v) is 6.18. The summed E-state index contributed by atoms with van der Waals surface area (Å²) in [4.78, 5) is 14.6. The van der Waals surface area contributed by atoms with Crippen LogP contribution in [0.1, 0.15) is 24.6 Å². The fraction of sp³-hybridized carbons (Fsp3) is 0.389. The number of benzene rings is 1. The smallest absolute Gasteiger partial charge is 0.319 e. The number of fused-ring (bicyclic) bond motifs is 1. The first-order chi connectivity index (χ1) is 12.3. The molecule has 3 heterocycles. The number of ether oxygens (including phenoxy) is 2. The number of urea groups is 1. The molecule has 2 amide bonds. The number of anilines is 1. The highest BCUT2D eigenvalue weighted by Crippen LogP contribution is 2.34. The van der Waals surface area contributed by atoms with E-state index in [-0.39, 0.29) is 18.9 Å². The second-order valence-electron chi connectivity index (χ2n) is 6.18. The maximum atomic E-state index is 12.3. The summed E-state index contributed by atoms with van der Waals surface area (Å²) in [6.45, 7) is 2.75. The molecule has 0 bridgehead atoms. The van der Waals surface area contributed by atoms with Crippen molar-refractivity contribution in [3.8, 4) is 11.5 Å². The van der Waals surface area contributed by atoms with Gasteiger partial charge in [-0.1, -0.05) is 0 Å². The van der Waals surface area contributed by atoms with Crippen LogP contribution in [0.5, 0.6) is 11.5 Å². The molecule has 1 fully saturated rings. The largest absolute Gasteiger partial charge is 0.468 e. The number of nitrogens with zero attached hydrogens (tertiary/aromatic N) is 1. The molecule has 7 nitrogen and oxygen atoms in total. The molecule has 2 aliphatic heterocycles. The Hall–Kier alpha value is -2.67. The van der Waals surface area contributed by atoms with E-state index in [0.29, 0.717) is 23.7 Å². The van der Waals surface area contributed by atoms with Gasteiger partial charge in [0.05, 0.1) is 12.3 Å². The monoisotopic (exact) mass is 343 g/mol. The average molecular weight is 343 g/mol. The minimum Gasteiger partial charge on any atom is -0.468 e. The molecule has 1 atom stereocenters. The zero-order chi connectivity index (χ0) is 17.1. The van der Waals surface area contributed by atoms with Crippen LogP contribution in [-0.2, 0) is 0 Å². The van der Waals surface area contributed by atoms with E-state index in [2.05, 4.69) is 15.5 Å². The second kappa shape index (κ2) is 7.06. The van der Waals surface area contributed by atoms with Gasteiger partial charge in [-0.3, -0.25) is 4.90 Å². The Morgan fingerprint density at radius 2 is 2.00 bits per heavy atom. The Bertz CT molecular complexity index is 726. The lowest BCUT2D eigenvalue weighted by Gasteiger charge is -2.26. The maximum Gasteiger partial charge on any atom is 0.319 e. The van der Waals surface area contributed by atoms with Crippen LogP contribution in [0.15, 0.2) is 41.0 Å². The first kappa shape index (κ1) is 15.8. The van der Waals surface area contributed by atoms with E-state index < -0.39 is 0 Å². The standard InChI is InChI=1S/C18H21N3O4/c22-18(20-13-5-6-16-17(10-13)25-12-24-16)19-11-14(15-4-3-9-23-15)21-7-1-2-8-21/h3-6,9-10,14H,1-2,7-8,11-12H2,(H2,19,20,22). The Balaban J connectivity index is 1.36. The highest BCUT2D eigenvalue weighted by atomic mass is 16.7. The first-order valence-electron chi connectivity index (χ1n) is 8.51. The van der Waals surface area contributed by atoms with Crippen molar-refractivity contribution in [2.75, 3.05) is 31.7 Å². The van der Waals surface area contributed by atoms with Crippen molar-refractivity contribution < 1.29 is 18.7 Å². The van der Waals surface area contributed by atoms with Crippen molar-refractivity contribution >= 4 is 11.7 Å². The molecule has 132 valence electrons. The number of amides is 2. The van der Waals surface area contributed by atoms with Crippen LogP contribution in [0.25, 0.3) is 0 Å². The topological polar surface area (TPSA) is 76.0 Å². The molecule has 2 aromatic rings. The third kappa shape index (κ3) is 3.56. The van der Waals surface area contributed by atoms with Gasteiger partial charge in [0, 0.05) is 18.3 Å². The molecule has 25 heavy (non-hydrogen) atoms. The number of carbonyl (C=O) groups excluding carboxylic acids is 1. The van der Waals surface area contributed by atoms with Gasteiger partial charge in [-0.2, -0.15) is 0 Å². The van der Waals surface area contributed by atoms with E-state index >= 15 is 0 Å². The maximum absolute atomic E-state index is 12.3. The molecule has 4 rings (SSSR count). The molecule has 0 saturated carbocycles. The highest BCUT2D eigenvalue weighted by molar-refractivity contribution is 5.89. The van der Waals surface area contributed by atoms with Gasteiger partial charge < -0.3 is 24.5 Å². The lowest BCUT2D eigenvalue weighted by molar-refractivity contribution is 0.174. The van der Waals surface area contributed by atoms with Crippen molar-refractivity contribution in [2.45, 2.75) is 18.9 Å². The van der Waals surface area contributed by atoms with E-state index in [1.807, 2.05) is 12.1 Å². The Morgan fingerprint density at radius 3 is 2.80 bits per heavy atom. The van der Waals surface area contributed by atoms with Gasteiger partial charge in [0.25, 0.3) is 0 Å². The fourth-order valence-corrected chi connectivity index (χ4v) is 3.28. The van der Waals surface area contributed by atoms with Crippen LogP contribution >= 0.6 is 0 Å². The summed E-state index contributed by atoms with van der Waals surface area (Å²) in [6.07, 6.45) is 4.03. The van der Waals surface area contributed by atoms with Gasteiger partial charge in [0.1, 0.15) is 5.76 Å². The number of hydrogen-bond acceptors (Lipinski definition) is 5. The SMILES string of the molecule is O=C(NCC(c1ccco1)N1CCCC1)Nc1ccc2c(c1)OCO2. The molecule has 1 aromatic carbocycles. The summed E-state index contributed by atoms with van der Waals surface area (Å²) < 4.78 is 16.2. The van der Waals surface area contributed by atoms with Crippen LogP contribution in [0, 0.1) is 0 Å². The number of rotatable bonds is 5. The fourth-order valence-electron chi connectivity index (χ4n) is 3.28.